The molecule has 0 spiro atoms. The molecule has 6 nitrogen and oxygen atoms in total. The molecule has 6 heteroatoms. The molecule has 0 aliphatic carbocycles. The molecular weight excluding hydrogens is 769 g/mol. The van der Waals surface area contributed by atoms with Gasteiger partial charge in [-0.05, 0) is 72.7 Å². The SMILES string of the molecule is CN1CCc2c(c3ccccc3n2Cc2ccccc2)C1.CN1CCc2c(c3ccccc3n2Cc2ccccc2)C1.CN1CCc2c(c3ccccc3n2Cc2ccccc2)C1. The first-order valence-electron chi connectivity index (χ1n) is 22.9. The second-order valence-electron chi connectivity index (χ2n) is 18.0. The fraction of sp³-hybridized carbons (Fsp3) is 0.263. The van der Waals surface area contributed by atoms with Crippen LogP contribution in [0, 0.1) is 0 Å². The fourth-order valence-corrected chi connectivity index (χ4v) is 10.4. The first-order valence-corrected chi connectivity index (χ1v) is 22.9. The lowest BCUT2D eigenvalue weighted by Crippen LogP contribution is -2.27. The summed E-state index contributed by atoms with van der Waals surface area (Å²) in [6.45, 7) is 9.57. The van der Waals surface area contributed by atoms with Crippen LogP contribution in [0.3, 0.4) is 0 Å². The van der Waals surface area contributed by atoms with Crippen LogP contribution in [0.5, 0.6) is 0 Å². The van der Waals surface area contributed by atoms with Crippen LogP contribution in [0.4, 0.5) is 0 Å². The maximum atomic E-state index is 2.52. The van der Waals surface area contributed by atoms with Gasteiger partial charge in [-0.15, -0.1) is 0 Å². The molecule has 0 bridgehead atoms. The molecule has 318 valence electrons. The standard InChI is InChI=1S/3C19H20N2/c3*1-20-12-11-19-17(14-20)16-9-5-6-10-18(16)21(19)13-15-7-3-2-4-8-15/h3*2-10H,11-14H2,1H3. The van der Waals surface area contributed by atoms with Gasteiger partial charge in [-0.2, -0.15) is 0 Å². The highest BCUT2D eigenvalue weighted by Crippen LogP contribution is 2.34. The van der Waals surface area contributed by atoms with Crippen molar-refractivity contribution in [2.75, 3.05) is 40.8 Å². The number of fused-ring (bicyclic) bond motifs is 9. The van der Waals surface area contributed by atoms with Gasteiger partial charge in [0, 0.05) is 128 Å². The Labute approximate surface area is 373 Å². The van der Waals surface area contributed by atoms with Crippen molar-refractivity contribution in [2.45, 2.75) is 58.5 Å². The lowest BCUT2D eigenvalue weighted by atomic mass is 10.1. The molecule has 12 rings (SSSR count). The first-order chi connectivity index (χ1) is 31.0. The van der Waals surface area contributed by atoms with Crippen molar-refractivity contribution in [3.63, 3.8) is 0 Å². The summed E-state index contributed by atoms with van der Waals surface area (Å²) in [4.78, 5) is 7.25. The smallest absolute Gasteiger partial charge is 0.0489 e. The molecule has 0 unspecified atom stereocenters. The lowest BCUT2D eigenvalue weighted by molar-refractivity contribution is 0.310. The average molecular weight is 829 g/mol. The highest BCUT2D eigenvalue weighted by Gasteiger charge is 2.24. The number of hydrogen-bond acceptors (Lipinski definition) is 3. The number of benzene rings is 6. The van der Waals surface area contributed by atoms with E-state index >= 15 is 0 Å². The van der Waals surface area contributed by atoms with Crippen molar-refractivity contribution in [2.24, 2.45) is 0 Å². The van der Waals surface area contributed by atoms with E-state index in [-0.39, 0.29) is 0 Å². The Bertz CT molecular complexity index is 2630. The minimum absolute atomic E-state index is 0.973. The van der Waals surface area contributed by atoms with Gasteiger partial charge >= 0.3 is 0 Å². The van der Waals surface area contributed by atoms with Gasteiger partial charge < -0.3 is 28.4 Å². The Morgan fingerprint density at radius 1 is 0.317 bits per heavy atom. The topological polar surface area (TPSA) is 24.5 Å². The number of hydrogen-bond donors (Lipinski definition) is 0. The van der Waals surface area contributed by atoms with Gasteiger partial charge in [0.1, 0.15) is 0 Å². The van der Waals surface area contributed by atoms with Crippen molar-refractivity contribution in [1.29, 1.82) is 0 Å². The summed E-state index contributed by atoms with van der Waals surface area (Å²) in [5.74, 6) is 0. The molecule has 0 saturated heterocycles. The number of nitrogens with zero attached hydrogens (tertiary/aromatic N) is 6. The summed E-state index contributed by atoms with van der Waals surface area (Å²) in [6, 6.07) is 58.8. The van der Waals surface area contributed by atoms with Crippen molar-refractivity contribution in [3.8, 4) is 0 Å². The summed E-state index contributed by atoms with van der Waals surface area (Å²) in [5, 5.41) is 4.28. The molecule has 0 atom stereocenters. The van der Waals surface area contributed by atoms with Gasteiger partial charge in [0.2, 0.25) is 0 Å². The molecule has 0 amide bonds. The molecule has 3 aliphatic heterocycles. The van der Waals surface area contributed by atoms with Crippen LogP contribution in [-0.4, -0.2) is 69.2 Å². The molecule has 0 fully saturated rings. The van der Waals surface area contributed by atoms with Crippen LogP contribution < -0.4 is 0 Å². The highest BCUT2D eigenvalue weighted by atomic mass is 15.1. The molecule has 0 N–H and O–H groups in total. The normalized spacial score (nSPS) is 15.3. The number of rotatable bonds is 6. The predicted octanol–water partition coefficient (Wildman–Crippen LogP) is 11.0. The van der Waals surface area contributed by atoms with E-state index in [1.54, 1.807) is 0 Å². The summed E-state index contributed by atoms with van der Waals surface area (Å²) < 4.78 is 7.56. The molecule has 63 heavy (non-hydrogen) atoms. The zero-order valence-corrected chi connectivity index (χ0v) is 37.3. The Balaban J connectivity index is 0.000000112. The van der Waals surface area contributed by atoms with Gasteiger partial charge in [0.15, 0.2) is 0 Å². The van der Waals surface area contributed by atoms with E-state index in [4.69, 9.17) is 0 Å². The summed E-state index contributed by atoms with van der Waals surface area (Å²) in [6.07, 6.45) is 3.44. The number of para-hydroxylation sites is 3. The molecule has 0 saturated carbocycles. The minimum atomic E-state index is 0.973. The van der Waals surface area contributed by atoms with E-state index in [0.29, 0.717) is 0 Å². The Morgan fingerprint density at radius 3 is 0.857 bits per heavy atom. The fourth-order valence-electron chi connectivity index (χ4n) is 10.4. The van der Waals surface area contributed by atoms with E-state index in [1.807, 2.05) is 0 Å². The van der Waals surface area contributed by atoms with Crippen molar-refractivity contribution in [3.05, 3.63) is 214 Å². The second kappa shape index (κ2) is 18.3. The first kappa shape index (κ1) is 40.9. The summed E-state index contributed by atoms with van der Waals surface area (Å²) >= 11 is 0. The predicted molar refractivity (Wildman–Crippen MR) is 263 cm³/mol. The van der Waals surface area contributed by atoms with Gasteiger partial charge in [-0.3, -0.25) is 0 Å². The third-order valence-corrected chi connectivity index (χ3v) is 13.6. The van der Waals surface area contributed by atoms with Gasteiger partial charge in [-0.25, -0.2) is 0 Å². The number of aromatic nitrogens is 3. The monoisotopic (exact) mass is 828 g/mol. The van der Waals surface area contributed by atoms with Gasteiger partial charge in [0.25, 0.3) is 0 Å². The molecule has 0 radical (unpaired) electrons. The second-order valence-corrected chi connectivity index (χ2v) is 18.0. The Kier molecular flexibility index (Phi) is 11.9. The molecular formula is C57H60N6. The zero-order chi connectivity index (χ0) is 42.7. The maximum Gasteiger partial charge on any atom is 0.0489 e. The molecule has 6 aromatic carbocycles. The van der Waals surface area contributed by atoms with Gasteiger partial charge in [-0.1, -0.05) is 146 Å². The Morgan fingerprint density at radius 2 is 0.571 bits per heavy atom. The third-order valence-electron chi connectivity index (χ3n) is 13.6. The van der Waals surface area contributed by atoms with Crippen LogP contribution in [-0.2, 0) is 58.5 Å². The molecule has 3 aliphatic rings. The largest absolute Gasteiger partial charge is 0.340 e. The molecule has 3 aromatic heterocycles. The lowest BCUT2D eigenvalue weighted by Gasteiger charge is -2.24. The number of likely N-dealkylation sites (N-methyl/N-ethyl adjacent to an activating group) is 3. The van der Waals surface area contributed by atoms with Crippen LogP contribution in [0.25, 0.3) is 32.7 Å². The van der Waals surface area contributed by atoms with E-state index in [0.717, 1.165) is 78.2 Å². The Hall–Kier alpha value is -6.18. The van der Waals surface area contributed by atoms with Crippen molar-refractivity contribution >= 4 is 32.7 Å². The van der Waals surface area contributed by atoms with Crippen LogP contribution >= 0.6 is 0 Å². The van der Waals surface area contributed by atoms with E-state index in [2.05, 4.69) is 213 Å². The maximum absolute atomic E-state index is 2.52. The van der Waals surface area contributed by atoms with E-state index in [9.17, 15) is 0 Å². The zero-order valence-electron chi connectivity index (χ0n) is 37.3. The highest BCUT2D eigenvalue weighted by molar-refractivity contribution is 5.87. The summed E-state index contributed by atoms with van der Waals surface area (Å²) in [5.41, 5.74) is 17.4. The van der Waals surface area contributed by atoms with Crippen molar-refractivity contribution < 1.29 is 0 Å². The molecule has 6 heterocycles. The van der Waals surface area contributed by atoms with Crippen LogP contribution in [0.15, 0.2) is 164 Å². The third kappa shape index (κ3) is 8.51. The average Bonchev–Trinajstić information content (AvgIpc) is 3.92. The quantitative estimate of drug-likeness (QED) is 0.167. The van der Waals surface area contributed by atoms with Crippen molar-refractivity contribution in [1.82, 2.24) is 28.4 Å². The minimum Gasteiger partial charge on any atom is -0.340 e. The van der Waals surface area contributed by atoms with Gasteiger partial charge in [0.05, 0.1) is 0 Å². The molecule has 9 aromatic rings. The van der Waals surface area contributed by atoms with Crippen LogP contribution in [0.1, 0.15) is 50.5 Å². The van der Waals surface area contributed by atoms with E-state index < -0.39 is 0 Å². The summed E-state index contributed by atoms with van der Waals surface area (Å²) in [7, 11) is 6.64. The van der Waals surface area contributed by atoms with E-state index in [1.165, 1.54) is 83.2 Å². The van der Waals surface area contributed by atoms with Crippen LogP contribution in [0.2, 0.25) is 0 Å².